The van der Waals surface area contributed by atoms with Crippen LogP contribution in [-0.2, 0) is 14.8 Å². The maximum Gasteiger partial charge on any atom is 0.241 e. The Morgan fingerprint density at radius 3 is 2.65 bits per heavy atom. The zero-order valence-electron chi connectivity index (χ0n) is 11.7. The Hall–Kier alpha value is -1.11. The largest absolute Gasteiger partial charge is 0.399 e. The maximum atomic E-state index is 12.6. The lowest BCUT2D eigenvalue weighted by molar-refractivity contribution is 0.0996. The van der Waals surface area contributed by atoms with Gasteiger partial charge in [0, 0.05) is 5.69 Å². The average molecular weight is 296 g/mol. The van der Waals surface area contributed by atoms with E-state index in [-0.39, 0.29) is 23.1 Å². The maximum absolute atomic E-state index is 12.6. The number of ether oxygens (including phenoxy) is 1. The lowest BCUT2D eigenvalue weighted by Crippen LogP contribution is -2.41. The molecule has 2 saturated heterocycles. The molecule has 0 aliphatic carbocycles. The monoisotopic (exact) mass is 296 g/mol. The molecule has 0 saturated carbocycles. The quantitative estimate of drug-likeness (QED) is 0.828. The van der Waals surface area contributed by atoms with Gasteiger partial charge < -0.3 is 10.5 Å². The fourth-order valence-electron chi connectivity index (χ4n) is 3.16. The second-order valence-electron chi connectivity index (χ2n) is 5.80. The minimum Gasteiger partial charge on any atom is -0.399 e. The molecule has 2 fully saturated rings. The molecule has 1 aromatic carbocycles. The molecule has 2 aliphatic rings. The predicted molar refractivity (Wildman–Crippen MR) is 76.9 cm³/mol. The van der Waals surface area contributed by atoms with Crippen molar-refractivity contribution < 1.29 is 13.2 Å². The molecule has 3 unspecified atom stereocenters. The summed E-state index contributed by atoms with van der Waals surface area (Å²) in [5.41, 5.74) is 7.88. The van der Waals surface area contributed by atoms with Crippen molar-refractivity contribution in [1.82, 2.24) is 4.72 Å². The summed E-state index contributed by atoms with van der Waals surface area (Å²) in [5.74, 6) is 0. The van der Waals surface area contributed by atoms with Gasteiger partial charge in [0.05, 0.1) is 23.1 Å². The Kier molecular flexibility index (Phi) is 3.27. The molecule has 3 atom stereocenters. The molecular formula is C14H20N2O3S. The lowest BCUT2D eigenvalue weighted by Gasteiger charge is -2.21. The SMILES string of the molecule is Cc1cc(N)cc(S(=O)(=O)NC2CC3CCC2O3)c1C. The van der Waals surface area contributed by atoms with E-state index in [0.717, 1.165) is 30.4 Å². The van der Waals surface area contributed by atoms with Crippen molar-refractivity contribution in [3.63, 3.8) is 0 Å². The van der Waals surface area contributed by atoms with Crippen LogP contribution >= 0.6 is 0 Å². The summed E-state index contributed by atoms with van der Waals surface area (Å²) in [6.07, 6.45) is 2.99. The highest BCUT2D eigenvalue weighted by Crippen LogP contribution is 2.35. The van der Waals surface area contributed by atoms with Gasteiger partial charge in [0.1, 0.15) is 0 Å². The molecule has 0 spiro atoms. The van der Waals surface area contributed by atoms with Gasteiger partial charge in [-0.25, -0.2) is 13.1 Å². The molecular weight excluding hydrogens is 276 g/mol. The number of sulfonamides is 1. The standard InChI is InChI=1S/C14H20N2O3S/c1-8-5-10(15)6-14(9(8)2)20(17,18)16-12-7-11-3-4-13(12)19-11/h5-6,11-13,16H,3-4,7,15H2,1-2H3. The van der Waals surface area contributed by atoms with Crippen LogP contribution in [0.5, 0.6) is 0 Å². The predicted octanol–water partition coefficient (Wildman–Crippen LogP) is 1.48. The van der Waals surface area contributed by atoms with E-state index in [2.05, 4.69) is 4.72 Å². The zero-order chi connectivity index (χ0) is 14.5. The van der Waals surface area contributed by atoms with Crippen molar-refractivity contribution in [2.24, 2.45) is 0 Å². The van der Waals surface area contributed by atoms with Gasteiger partial charge in [-0.05, 0) is 56.4 Å². The van der Waals surface area contributed by atoms with Crippen molar-refractivity contribution in [2.45, 2.75) is 56.3 Å². The molecule has 0 radical (unpaired) electrons. The first-order valence-corrected chi connectivity index (χ1v) is 8.39. The summed E-state index contributed by atoms with van der Waals surface area (Å²) in [4.78, 5) is 0.276. The van der Waals surface area contributed by atoms with Crippen LogP contribution < -0.4 is 10.5 Å². The van der Waals surface area contributed by atoms with E-state index in [1.165, 1.54) is 6.07 Å². The summed E-state index contributed by atoms with van der Waals surface area (Å²) in [6, 6.07) is 3.20. The highest BCUT2D eigenvalue weighted by molar-refractivity contribution is 7.89. The van der Waals surface area contributed by atoms with E-state index in [4.69, 9.17) is 10.5 Å². The van der Waals surface area contributed by atoms with Crippen LogP contribution in [0.2, 0.25) is 0 Å². The first kappa shape index (κ1) is 13.9. The summed E-state index contributed by atoms with van der Waals surface area (Å²) in [7, 11) is -3.55. The third-order valence-corrected chi connectivity index (χ3v) is 5.96. The second-order valence-corrected chi connectivity index (χ2v) is 7.48. The van der Waals surface area contributed by atoms with Crippen molar-refractivity contribution in [2.75, 3.05) is 5.73 Å². The fraction of sp³-hybridized carbons (Fsp3) is 0.571. The van der Waals surface area contributed by atoms with Gasteiger partial charge in [0.15, 0.2) is 0 Å². The summed E-state index contributed by atoms with van der Waals surface area (Å²) in [6.45, 7) is 3.67. The van der Waals surface area contributed by atoms with E-state index in [0.29, 0.717) is 5.69 Å². The zero-order valence-corrected chi connectivity index (χ0v) is 12.5. The lowest BCUT2D eigenvalue weighted by atomic mass is 9.96. The number of nitrogens with two attached hydrogens (primary N) is 1. The molecule has 6 heteroatoms. The van der Waals surface area contributed by atoms with Crippen LogP contribution in [0.15, 0.2) is 17.0 Å². The van der Waals surface area contributed by atoms with Gasteiger partial charge in [-0.15, -0.1) is 0 Å². The number of nitrogen functional groups attached to an aromatic ring is 1. The van der Waals surface area contributed by atoms with E-state index >= 15 is 0 Å². The van der Waals surface area contributed by atoms with Crippen molar-refractivity contribution in [1.29, 1.82) is 0 Å². The van der Waals surface area contributed by atoms with Crippen LogP contribution in [0.1, 0.15) is 30.4 Å². The molecule has 1 aromatic rings. The number of hydrogen-bond donors (Lipinski definition) is 2. The van der Waals surface area contributed by atoms with Gasteiger partial charge in [-0.3, -0.25) is 0 Å². The summed E-state index contributed by atoms with van der Waals surface area (Å²) >= 11 is 0. The van der Waals surface area contributed by atoms with E-state index < -0.39 is 10.0 Å². The highest BCUT2D eigenvalue weighted by Gasteiger charge is 2.42. The molecule has 3 rings (SSSR count). The molecule has 110 valence electrons. The van der Waals surface area contributed by atoms with E-state index in [9.17, 15) is 8.42 Å². The van der Waals surface area contributed by atoms with Gasteiger partial charge in [-0.1, -0.05) is 0 Å². The van der Waals surface area contributed by atoms with Crippen LogP contribution in [0.3, 0.4) is 0 Å². The smallest absolute Gasteiger partial charge is 0.241 e. The third-order valence-electron chi connectivity index (χ3n) is 4.34. The second kappa shape index (κ2) is 4.72. The minimum atomic E-state index is -3.55. The molecule has 0 aromatic heterocycles. The van der Waals surface area contributed by atoms with Gasteiger partial charge in [-0.2, -0.15) is 0 Å². The summed E-state index contributed by atoms with van der Waals surface area (Å²) in [5, 5.41) is 0. The summed E-state index contributed by atoms with van der Waals surface area (Å²) < 4.78 is 33.6. The van der Waals surface area contributed by atoms with Crippen LogP contribution in [0.25, 0.3) is 0 Å². The van der Waals surface area contributed by atoms with Gasteiger partial charge in [0.2, 0.25) is 10.0 Å². The Balaban J connectivity index is 1.89. The van der Waals surface area contributed by atoms with Gasteiger partial charge >= 0.3 is 0 Å². The molecule has 2 heterocycles. The van der Waals surface area contributed by atoms with Crippen LogP contribution in [-0.4, -0.2) is 26.7 Å². The Morgan fingerprint density at radius 1 is 1.30 bits per heavy atom. The number of nitrogens with one attached hydrogen (secondary N) is 1. The van der Waals surface area contributed by atoms with Crippen molar-refractivity contribution in [3.8, 4) is 0 Å². The third kappa shape index (κ3) is 2.32. The fourth-order valence-corrected chi connectivity index (χ4v) is 4.79. The molecule has 2 bridgehead atoms. The van der Waals surface area contributed by atoms with Crippen molar-refractivity contribution in [3.05, 3.63) is 23.3 Å². The number of hydrogen-bond acceptors (Lipinski definition) is 4. The molecule has 0 amide bonds. The van der Waals surface area contributed by atoms with Gasteiger partial charge in [0.25, 0.3) is 0 Å². The Labute approximate surface area is 119 Å². The Bertz CT molecular complexity index is 642. The molecule has 5 nitrogen and oxygen atoms in total. The number of anilines is 1. The molecule has 3 N–H and O–H groups in total. The molecule has 2 aliphatic heterocycles. The molecule has 20 heavy (non-hydrogen) atoms. The number of rotatable bonds is 3. The van der Waals surface area contributed by atoms with E-state index in [1.54, 1.807) is 13.0 Å². The number of fused-ring (bicyclic) bond motifs is 2. The van der Waals surface area contributed by atoms with Crippen LogP contribution in [0, 0.1) is 13.8 Å². The minimum absolute atomic E-state index is 0.0252. The normalized spacial score (nSPS) is 29.0. The Morgan fingerprint density at radius 2 is 2.05 bits per heavy atom. The van der Waals surface area contributed by atoms with E-state index in [1.807, 2.05) is 6.92 Å². The number of benzene rings is 1. The van der Waals surface area contributed by atoms with Crippen molar-refractivity contribution >= 4 is 15.7 Å². The van der Waals surface area contributed by atoms with Crippen LogP contribution in [0.4, 0.5) is 5.69 Å². The topological polar surface area (TPSA) is 81.4 Å². The average Bonchev–Trinajstić information content (AvgIpc) is 2.95. The first-order chi connectivity index (χ1) is 9.37. The first-order valence-electron chi connectivity index (χ1n) is 6.91. The number of aryl methyl sites for hydroxylation is 1. The highest BCUT2D eigenvalue weighted by atomic mass is 32.2.